The van der Waals surface area contributed by atoms with Crippen molar-refractivity contribution in [3.8, 4) is 0 Å². The van der Waals surface area contributed by atoms with Gasteiger partial charge < -0.3 is 10.2 Å². The lowest BCUT2D eigenvalue weighted by molar-refractivity contribution is -0.141. The van der Waals surface area contributed by atoms with Crippen molar-refractivity contribution < 1.29 is 18.0 Å². The molecule has 35 heavy (non-hydrogen) atoms. The van der Waals surface area contributed by atoms with E-state index in [-0.39, 0.29) is 18.1 Å². The second-order valence-corrected chi connectivity index (χ2v) is 12.3. The summed E-state index contributed by atoms with van der Waals surface area (Å²) in [4.78, 5) is 28.2. The van der Waals surface area contributed by atoms with Crippen molar-refractivity contribution in [2.75, 3.05) is 17.1 Å². The molecule has 0 aliphatic heterocycles. The largest absolute Gasteiger partial charge is 0.350 e. The van der Waals surface area contributed by atoms with E-state index in [0.717, 1.165) is 21.7 Å². The maximum absolute atomic E-state index is 13.6. The van der Waals surface area contributed by atoms with Crippen LogP contribution in [0.1, 0.15) is 45.2 Å². The summed E-state index contributed by atoms with van der Waals surface area (Å²) in [5.74, 6) is -0.829. The minimum atomic E-state index is -3.83. The van der Waals surface area contributed by atoms with E-state index in [0.29, 0.717) is 16.5 Å². The highest BCUT2D eigenvalue weighted by Crippen LogP contribution is 2.25. The van der Waals surface area contributed by atoms with Gasteiger partial charge in [0.25, 0.3) is 0 Å². The molecule has 1 atom stereocenters. The Morgan fingerprint density at radius 1 is 1.06 bits per heavy atom. The van der Waals surface area contributed by atoms with Crippen molar-refractivity contribution in [1.82, 2.24) is 10.2 Å². The van der Waals surface area contributed by atoms with E-state index in [1.807, 2.05) is 27.7 Å². The number of amides is 2. The van der Waals surface area contributed by atoms with Crippen LogP contribution in [0.5, 0.6) is 0 Å². The normalized spacial score (nSPS) is 12.7. The molecule has 0 aliphatic carbocycles. The number of nitrogens with zero attached hydrogens (tertiary/aromatic N) is 2. The monoisotopic (exact) mass is 541 g/mol. The van der Waals surface area contributed by atoms with Gasteiger partial charge in [0.15, 0.2) is 0 Å². The fourth-order valence-corrected chi connectivity index (χ4v) is 4.65. The van der Waals surface area contributed by atoms with Crippen molar-refractivity contribution >= 4 is 50.7 Å². The summed E-state index contributed by atoms with van der Waals surface area (Å²) in [6.07, 6.45) is 1.37. The predicted molar refractivity (Wildman–Crippen MR) is 142 cm³/mol. The van der Waals surface area contributed by atoms with Crippen LogP contribution in [0.3, 0.4) is 0 Å². The minimum absolute atomic E-state index is 0.109. The van der Waals surface area contributed by atoms with Crippen LogP contribution in [0.15, 0.2) is 42.5 Å². The molecule has 0 aliphatic rings. The predicted octanol–water partition coefficient (Wildman–Crippen LogP) is 4.79. The van der Waals surface area contributed by atoms with Gasteiger partial charge in [0, 0.05) is 22.1 Å². The molecule has 7 nitrogen and oxygen atoms in total. The third-order valence-electron chi connectivity index (χ3n) is 5.27. The molecule has 10 heteroatoms. The Morgan fingerprint density at radius 3 is 2.14 bits per heavy atom. The molecule has 0 fully saturated rings. The second-order valence-electron chi connectivity index (χ2n) is 9.51. The van der Waals surface area contributed by atoms with Gasteiger partial charge in [-0.1, -0.05) is 48.3 Å². The highest BCUT2D eigenvalue weighted by molar-refractivity contribution is 7.92. The first kappa shape index (κ1) is 28.9. The van der Waals surface area contributed by atoms with Gasteiger partial charge in [0.1, 0.15) is 12.6 Å². The first-order chi connectivity index (χ1) is 16.1. The summed E-state index contributed by atoms with van der Waals surface area (Å²) in [6, 6.07) is 10.9. The van der Waals surface area contributed by atoms with Crippen molar-refractivity contribution in [2.45, 2.75) is 59.2 Å². The zero-order valence-electron chi connectivity index (χ0n) is 20.9. The molecule has 2 aromatic carbocycles. The highest BCUT2D eigenvalue weighted by atomic mass is 35.5. The van der Waals surface area contributed by atoms with Gasteiger partial charge in [-0.25, -0.2) is 8.42 Å². The van der Waals surface area contributed by atoms with Gasteiger partial charge >= 0.3 is 0 Å². The van der Waals surface area contributed by atoms with E-state index >= 15 is 0 Å². The Morgan fingerprint density at radius 2 is 1.66 bits per heavy atom. The van der Waals surface area contributed by atoms with Gasteiger partial charge in [0.2, 0.25) is 21.8 Å². The molecule has 0 saturated carbocycles. The van der Waals surface area contributed by atoms with Crippen LogP contribution >= 0.6 is 23.2 Å². The number of hydrogen-bond donors (Lipinski definition) is 1. The van der Waals surface area contributed by atoms with Crippen LogP contribution in [0.25, 0.3) is 0 Å². The van der Waals surface area contributed by atoms with Gasteiger partial charge in [-0.3, -0.25) is 13.9 Å². The van der Waals surface area contributed by atoms with Crippen molar-refractivity contribution in [3.63, 3.8) is 0 Å². The zero-order chi connectivity index (χ0) is 26.6. The van der Waals surface area contributed by atoms with Gasteiger partial charge in [-0.05, 0) is 69.5 Å². The fraction of sp³-hybridized carbons (Fsp3) is 0.440. The summed E-state index contributed by atoms with van der Waals surface area (Å²) in [6.45, 7) is 8.81. The number of sulfonamides is 1. The minimum Gasteiger partial charge on any atom is -0.350 e. The Bertz CT molecular complexity index is 1160. The quantitative estimate of drug-likeness (QED) is 0.494. The molecule has 2 amide bonds. The van der Waals surface area contributed by atoms with Crippen LogP contribution in [-0.4, -0.2) is 49.5 Å². The number of hydrogen-bond acceptors (Lipinski definition) is 4. The standard InChI is InChI=1S/C25H33Cl2N3O4S/c1-7-22(24(32)28-25(3,4)5)29(15-18-9-11-19(26)12-10-18)23(31)16-30(35(6,33)34)20-13-8-17(2)21(27)14-20/h8-14,22H,7,15-16H2,1-6H3,(H,28,32)/t22-/m0/s1. The lowest BCUT2D eigenvalue weighted by Crippen LogP contribution is -2.55. The van der Waals surface area contributed by atoms with Crippen molar-refractivity contribution in [2.24, 2.45) is 0 Å². The van der Waals surface area contributed by atoms with Crippen LogP contribution in [0, 0.1) is 6.92 Å². The molecule has 0 saturated heterocycles. The van der Waals surface area contributed by atoms with E-state index in [1.54, 1.807) is 43.3 Å². The number of aryl methyl sites for hydroxylation is 1. The Balaban J connectivity index is 2.47. The molecule has 0 aromatic heterocycles. The SMILES string of the molecule is CC[C@@H](C(=O)NC(C)(C)C)N(Cc1ccc(Cl)cc1)C(=O)CN(c1ccc(C)c(Cl)c1)S(C)(=O)=O. The average Bonchev–Trinajstić information content (AvgIpc) is 2.73. The van der Waals surface area contributed by atoms with E-state index in [4.69, 9.17) is 23.2 Å². The molecule has 1 N–H and O–H groups in total. The highest BCUT2D eigenvalue weighted by Gasteiger charge is 2.33. The number of halogens is 2. The summed E-state index contributed by atoms with van der Waals surface area (Å²) in [5.41, 5.74) is 1.31. The number of nitrogens with one attached hydrogen (secondary N) is 1. The third kappa shape index (κ3) is 8.40. The van der Waals surface area contributed by atoms with E-state index in [1.165, 1.54) is 11.0 Å². The maximum atomic E-state index is 13.6. The molecule has 2 rings (SSSR count). The van der Waals surface area contributed by atoms with Gasteiger partial charge in [-0.15, -0.1) is 0 Å². The van der Waals surface area contributed by atoms with Gasteiger partial charge in [0.05, 0.1) is 11.9 Å². The molecule has 0 unspecified atom stereocenters. The summed E-state index contributed by atoms with van der Waals surface area (Å²) < 4.78 is 26.3. The number of rotatable bonds is 9. The topological polar surface area (TPSA) is 86.8 Å². The Hall–Kier alpha value is -2.29. The summed E-state index contributed by atoms with van der Waals surface area (Å²) in [7, 11) is -3.83. The van der Waals surface area contributed by atoms with Crippen LogP contribution in [0.2, 0.25) is 10.0 Å². The average molecular weight is 543 g/mol. The molecule has 0 bridgehead atoms. The van der Waals surface area contributed by atoms with Crippen LogP contribution in [0.4, 0.5) is 5.69 Å². The van der Waals surface area contributed by atoms with Gasteiger partial charge in [-0.2, -0.15) is 0 Å². The summed E-state index contributed by atoms with van der Waals surface area (Å²) in [5, 5.41) is 3.86. The van der Waals surface area contributed by atoms with E-state index in [9.17, 15) is 18.0 Å². The zero-order valence-corrected chi connectivity index (χ0v) is 23.3. The second kappa shape index (κ2) is 11.6. The molecule has 0 radical (unpaired) electrons. The number of anilines is 1. The maximum Gasteiger partial charge on any atom is 0.244 e. The van der Waals surface area contributed by atoms with Crippen molar-refractivity contribution in [1.29, 1.82) is 0 Å². The van der Waals surface area contributed by atoms with Crippen LogP contribution in [-0.2, 0) is 26.2 Å². The molecule has 0 heterocycles. The lowest BCUT2D eigenvalue weighted by atomic mass is 10.1. The molecular formula is C25H33Cl2N3O4S. The number of carbonyl (C=O) groups is 2. The number of carbonyl (C=O) groups excluding carboxylic acids is 2. The molecule has 192 valence electrons. The smallest absolute Gasteiger partial charge is 0.244 e. The number of benzene rings is 2. The lowest BCUT2D eigenvalue weighted by Gasteiger charge is -2.34. The molecule has 2 aromatic rings. The Kier molecular flexibility index (Phi) is 9.62. The van der Waals surface area contributed by atoms with Crippen molar-refractivity contribution in [3.05, 3.63) is 63.6 Å². The third-order valence-corrected chi connectivity index (χ3v) is 7.07. The molecule has 0 spiro atoms. The Labute approximate surface area is 218 Å². The summed E-state index contributed by atoms with van der Waals surface area (Å²) >= 11 is 12.2. The fourth-order valence-electron chi connectivity index (χ4n) is 3.51. The van der Waals surface area contributed by atoms with E-state index < -0.39 is 34.1 Å². The van der Waals surface area contributed by atoms with E-state index in [2.05, 4.69) is 5.32 Å². The van der Waals surface area contributed by atoms with Crippen LogP contribution < -0.4 is 9.62 Å². The first-order valence-electron chi connectivity index (χ1n) is 11.2. The molecular weight excluding hydrogens is 509 g/mol. The first-order valence-corrected chi connectivity index (χ1v) is 13.8.